The minimum atomic E-state index is -3.50. The van der Waals surface area contributed by atoms with Crippen molar-refractivity contribution in [3.63, 3.8) is 0 Å². The lowest BCUT2D eigenvalue weighted by Gasteiger charge is -2.07. The van der Waals surface area contributed by atoms with Gasteiger partial charge >= 0.3 is 0 Å². The first-order valence-corrected chi connectivity index (χ1v) is 9.41. The second-order valence-electron chi connectivity index (χ2n) is 5.16. The molecule has 7 heteroatoms. The number of carbonyl (C=O) groups is 1. The fourth-order valence-electron chi connectivity index (χ4n) is 2.13. The van der Waals surface area contributed by atoms with Crippen LogP contribution in [0.15, 0.2) is 53.4 Å². The lowest BCUT2D eigenvalue weighted by atomic mass is 10.1. The Morgan fingerprint density at radius 3 is 2.25 bits per heavy atom. The molecular formula is C17H19ClN2O3S. The van der Waals surface area contributed by atoms with E-state index in [4.69, 9.17) is 11.6 Å². The molecule has 0 fully saturated rings. The molecule has 2 aromatic carbocycles. The van der Waals surface area contributed by atoms with Gasteiger partial charge in [-0.25, -0.2) is 13.1 Å². The van der Waals surface area contributed by atoms with Crippen LogP contribution in [0.1, 0.15) is 22.8 Å². The summed E-state index contributed by atoms with van der Waals surface area (Å²) in [5, 5.41) is 3.48. The molecule has 0 bridgehead atoms. The van der Waals surface area contributed by atoms with E-state index in [1.165, 1.54) is 24.3 Å². The van der Waals surface area contributed by atoms with Crippen LogP contribution in [0, 0.1) is 0 Å². The Labute approximate surface area is 147 Å². The average molecular weight is 367 g/mol. The van der Waals surface area contributed by atoms with Gasteiger partial charge in [-0.3, -0.25) is 4.79 Å². The van der Waals surface area contributed by atoms with Gasteiger partial charge in [0.25, 0.3) is 5.91 Å². The van der Waals surface area contributed by atoms with E-state index >= 15 is 0 Å². The minimum Gasteiger partial charge on any atom is -0.352 e. The Bertz CT molecular complexity index is 788. The van der Waals surface area contributed by atoms with E-state index in [1.54, 1.807) is 6.92 Å². The van der Waals surface area contributed by atoms with Crippen molar-refractivity contribution in [2.75, 3.05) is 13.1 Å². The molecule has 0 saturated heterocycles. The van der Waals surface area contributed by atoms with E-state index in [9.17, 15) is 13.2 Å². The summed E-state index contributed by atoms with van der Waals surface area (Å²) in [6, 6.07) is 13.3. The highest BCUT2D eigenvalue weighted by atomic mass is 35.5. The van der Waals surface area contributed by atoms with E-state index in [0.29, 0.717) is 30.1 Å². The smallest absolute Gasteiger partial charge is 0.251 e. The number of hydrogen-bond acceptors (Lipinski definition) is 3. The SMILES string of the molecule is CCNS(=O)(=O)c1ccc(C(=O)NCCc2ccc(Cl)cc2)cc1. The van der Waals surface area contributed by atoms with Crippen LogP contribution < -0.4 is 10.0 Å². The maximum absolute atomic E-state index is 12.1. The maximum Gasteiger partial charge on any atom is 0.251 e. The summed E-state index contributed by atoms with van der Waals surface area (Å²) in [6.45, 7) is 2.51. The third kappa shape index (κ3) is 5.06. The number of amides is 1. The van der Waals surface area contributed by atoms with E-state index < -0.39 is 10.0 Å². The quantitative estimate of drug-likeness (QED) is 0.790. The molecule has 0 radical (unpaired) electrons. The van der Waals surface area contributed by atoms with Crippen molar-refractivity contribution >= 4 is 27.5 Å². The van der Waals surface area contributed by atoms with Crippen molar-refractivity contribution in [3.05, 3.63) is 64.7 Å². The van der Waals surface area contributed by atoms with Crippen LogP contribution in [-0.4, -0.2) is 27.4 Å². The Morgan fingerprint density at radius 2 is 1.67 bits per heavy atom. The maximum atomic E-state index is 12.1. The van der Waals surface area contributed by atoms with Gasteiger partial charge in [0.15, 0.2) is 0 Å². The monoisotopic (exact) mass is 366 g/mol. The molecule has 0 unspecified atom stereocenters. The molecule has 24 heavy (non-hydrogen) atoms. The van der Waals surface area contributed by atoms with Crippen LogP contribution in [0.25, 0.3) is 0 Å². The number of hydrogen-bond donors (Lipinski definition) is 2. The van der Waals surface area contributed by atoms with Crippen LogP contribution >= 0.6 is 11.6 Å². The molecule has 0 atom stereocenters. The molecule has 0 spiro atoms. The largest absolute Gasteiger partial charge is 0.352 e. The molecule has 0 aromatic heterocycles. The van der Waals surface area contributed by atoms with Crippen molar-refractivity contribution in [2.45, 2.75) is 18.2 Å². The molecule has 1 amide bonds. The van der Waals surface area contributed by atoms with Crippen molar-refractivity contribution in [1.82, 2.24) is 10.0 Å². The Hall–Kier alpha value is -1.89. The van der Waals surface area contributed by atoms with Gasteiger partial charge in [0, 0.05) is 23.7 Å². The van der Waals surface area contributed by atoms with E-state index in [0.717, 1.165) is 5.56 Å². The number of sulfonamides is 1. The molecule has 2 N–H and O–H groups in total. The summed E-state index contributed by atoms with van der Waals surface area (Å²) in [7, 11) is -3.50. The van der Waals surface area contributed by atoms with Crippen LogP contribution in [0.2, 0.25) is 5.02 Å². The number of nitrogens with one attached hydrogen (secondary N) is 2. The molecule has 0 aliphatic rings. The highest BCUT2D eigenvalue weighted by Gasteiger charge is 2.13. The van der Waals surface area contributed by atoms with Crippen LogP contribution in [0.4, 0.5) is 0 Å². The fraction of sp³-hybridized carbons (Fsp3) is 0.235. The molecule has 0 aliphatic carbocycles. The van der Waals surface area contributed by atoms with Crippen LogP contribution in [0.5, 0.6) is 0 Å². The number of carbonyl (C=O) groups excluding carboxylic acids is 1. The van der Waals surface area contributed by atoms with Gasteiger partial charge in [-0.05, 0) is 48.4 Å². The summed E-state index contributed by atoms with van der Waals surface area (Å²) in [6.07, 6.45) is 0.690. The number of benzene rings is 2. The predicted molar refractivity (Wildman–Crippen MR) is 94.8 cm³/mol. The van der Waals surface area contributed by atoms with Crippen LogP contribution in [-0.2, 0) is 16.4 Å². The molecule has 2 aromatic rings. The first-order chi connectivity index (χ1) is 11.4. The Balaban J connectivity index is 1.92. The van der Waals surface area contributed by atoms with Gasteiger partial charge in [0.05, 0.1) is 4.90 Å². The first-order valence-electron chi connectivity index (χ1n) is 7.55. The van der Waals surface area contributed by atoms with Gasteiger partial charge in [0.2, 0.25) is 10.0 Å². The number of halogens is 1. The highest BCUT2D eigenvalue weighted by Crippen LogP contribution is 2.11. The zero-order valence-corrected chi connectivity index (χ0v) is 14.8. The Kier molecular flexibility index (Phi) is 6.36. The van der Waals surface area contributed by atoms with Crippen molar-refractivity contribution < 1.29 is 13.2 Å². The Morgan fingerprint density at radius 1 is 1.04 bits per heavy atom. The summed E-state index contributed by atoms with van der Waals surface area (Å²) in [5.41, 5.74) is 1.49. The summed E-state index contributed by atoms with van der Waals surface area (Å²) >= 11 is 5.82. The topological polar surface area (TPSA) is 75.3 Å². The van der Waals surface area contributed by atoms with Gasteiger partial charge in [-0.2, -0.15) is 0 Å². The molecule has 0 aliphatic heterocycles. The third-order valence-electron chi connectivity index (χ3n) is 3.37. The van der Waals surface area contributed by atoms with Gasteiger partial charge in [-0.1, -0.05) is 30.7 Å². The van der Waals surface area contributed by atoms with Gasteiger partial charge < -0.3 is 5.32 Å². The lowest BCUT2D eigenvalue weighted by molar-refractivity contribution is 0.0954. The molecule has 0 heterocycles. The molecule has 2 rings (SSSR count). The molecular weight excluding hydrogens is 348 g/mol. The van der Waals surface area contributed by atoms with Crippen molar-refractivity contribution in [3.8, 4) is 0 Å². The van der Waals surface area contributed by atoms with E-state index in [2.05, 4.69) is 10.0 Å². The zero-order chi connectivity index (χ0) is 17.6. The van der Waals surface area contributed by atoms with Gasteiger partial charge in [0.1, 0.15) is 0 Å². The highest BCUT2D eigenvalue weighted by molar-refractivity contribution is 7.89. The summed E-state index contributed by atoms with van der Waals surface area (Å²) < 4.78 is 26.1. The van der Waals surface area contributed by atoms with E-state index in [-0.39, 0.29) is 10.8 Å². The predicted octanol–water partition coefficient (Wildman–Crippen LogP) is 2.61. The van der Waals surface area contributed by atoms with E-state index in [1.807, 2.05) is 24.3 Å². The first kappa shape index (κ1) is 18.4. The summed E-state index contributed by atoms with van der Waals surface area (Å²) in [4.78, 5) is 12.2. The third-order valence-corrected chi connectivity index (χ3v) is 5.19. The lowest BCUT2D eigenvalue weighted by Crippen LogP contribution is -2.26. The molecule has 128 valence electrons. The molecule has 5 nitrogen and oxygen atoms in total. The minimum absolute atomic E-state index is 0.141. The fourth-order valence-corrected chi connectivity index (χ4v) is 3.30. The summed E-state index contributed by atoms with van der Waals surface area (Å²) in [5.74, 6) is -0.239. The molecule has 0 saturated carbocycles. The average Bonchev–Trinajstić information content (AvgIpc) is 2.56. The second-order valence-corrected chi connectivity index (χ2v) is 7.36. The zero-order valence-electron chi connectivity index (χ0n) is 13.3. The van der Waals surface area contributed by atoms with Crippen molar-refractivity contribution in [1.29, 1.82) is 0 Å². The number of rotatable bonds is 7. The second kappa shape index (κ2) is 8.28. The van der Waals surface area contributed by atoms with Crippen molar-refractivity contribution in [2.24, 2.45) is 0 Å². The van der Waals surface area contributed by atoms with Crippen LogP contribution in [0.3, 0.4) is 0 Å². The standard InChI is InChI=1S/C17H19ClN2O3S/c1-2-20-24(22,23)16-9-5-14(6-10-16)17(21)19-12-11-13-3-7-15(18)8-4-13/h3-10,20H,2,11-12H2,1H3,(H,19,21). The van der Waals surface area contributed by atoms with Gasteiger partial charge in [-0.15, -0.1) is 0 Å². The normalized spacial score (nSPS) is 11.2.